The van der Waals surface area contributed by atoms with Gasteiger partial charge in [0.1, 0.15) is 0 Å². The van der Waals surface area contributed by atoms with Crippen molar-refractivity contribution in [3.8, 4) is 0 Å². The van der Waals surface area contributed by atoms with Gasteiger partial charge in [-0.25, -0.2) is 0 Å². The molecule has 1 rings (SSSR count). The molecule has 13 heavy (non-hydrogen) atoms. The largest absolute Gasteiger partial charge is 0.161 e. The van der Waals surface area contributed by atoms with Crippen molar-refractivity contribution in [2.75, 3.05) is 6.26 Å². The third kappa shape index (κ3) is 3.07. The standard InChI is InChI=1S/C12H18S/c1-4-10(2)12-7-5-11(6-8-12)9-13-3/h5-8,10H,4,9H2,1-3H3. The summed E-state index contributed by atoms with van der Waals surface area (Å²) in [7, 11) is 0. The highest BCUT2D eigenvalue weighted by molar-refractivity contribution is 7.97. The first-order chi connectivity index (χ1) is 6.27. The number of hydrogen-bond donors (Lipinski definition) is 0. The lowest BCUT2D eigenvalue weighted by atomic mass is 9.98. The molecule has 1 atom stereocenters. The Kier molecular flexibility index (Phi) is 4.37. The molecule has 1 aromatic rings. The predicted molar refractivity (Wildman–Crippen MR) is 62.4 cm³/mol. The first kappa shape index (κ1) is 10.6. The van der Waals surface area contributed by atoms with E-state index in [0.717, 1.165) is 5.75 Å². The van der Waals surface area contributed by atoms with E-state index in [0.29, 0.717) is 5.92 Å². The molecule has 0 amide bonds. The highest BCUT2D eigenvalue weighted by Crippen LogP contribution is 2.19. The van der Waals surface area contributed by atoms with Crippen molar-refractivity contribution < 1.29 is 0 Å². The minimum atomic E-state index is 0.698. The van der Waals surface area contributed by atoms with Crippen LogP contribution in [0.15, 0.2) is 24.3 Å². The second-order valence-electron chi connectivity index (χ2n) is 3.48. The lowest BCUT2D eigenvalue weighted by Crippen LogP contribution is -1.91. The summed E-state index contributed by atoms with van der Waals surface area (Å²) >= 11 is 1.87. The van der Waals surface area contributed by atoms with E-state index in [9.17, 15) is 0 Å². The van der Waals surface area contributed by atoms with Crippen molar-refractivity contribution in [2.45, 2.75) is 31.9 Å². The minimum absolute atomic E-state index is 0.698. The second kappa shape index (κ2) is 5.33. The van der Waals surface area contributed by atoms with Gasteiger partial charge in [-0.3, -0.25) is 0 Å². The van der Waals surface area contributed by atoms with E-state index in [4.69, 9.17) is 0 Å². The van der Waals surface area contributed by atoms with Crippen molar-refractivity contribution in [3.05, 3.63) is 35.4 Å². The third-order valence-corrected chi connectivity index (χ3v) is 3.09. The topological polar surface area (TPSA) is 0 Å². The average Bonchev–Trinajstić information content (AvgIpc) is 2.18. The van der Waals surface area contributed by atoms with E-state index in [-0.39, 0.29) is 0 Å². The number of rotatable bonds is 4. The molecule has 0 spiro atoms. The molecule has 0 fully saturated rings. The lowest BCUT2D eigenvalue weighted by molar-refractivity contribution is 0.733. The fraction of sp³-hybridized carbons (Fsp3) is 0.500. The molecule has 0 nitrogen and oxygen atoms in total. The first-order valence-electron chi connectivity index (χ1n) is 4.85. The van der Waals surface area contributed by atoms with Gasteiger partial charge in [0.05, 0.1) is 0 Å². The smallest absolute Gasteiger partial charge is 0.0181 e. The van der Waals surface area contributed by atoms with Crippen LogP contribution in [0.1, 0.15) is 37.3 Å². The molecule has 72 valence electrons. The molecule has 0 bridgehead atoms. The molecule has 0 saturated carbocycles. The van der Waals surface area contributed by atoms with Crippen molar-refractivity contribution in [1.82, 2.24) is 0 Å². The summed E-state index contributed by atoms with van der Waals surface area (Å²) in [6.45, 7) is 4.52. The van der Waals surface area contributed by atoms with Crippen LogP contribution in [-0.2, 0) is 5.75 Å². The molecular weight excluding hydrogens is 176 g/mol. The lowest BCUT2D eigenvalue weighted by Gasteiger charge is -2.09. The van der Waals surface area contributed by atoms with Crippen molar-refractivity contribution in [3.63, 3.8) is 0 Å². The summed E-state index contributed by atoms with van der Waals surface area (Å²) < 4.78 is 0. The Hall–Kier alpha value is -0.430. The molecule has 0 N–H and O–H groups in total. The summed E-state index contributed by atoms with van der Waals surface area (Å²) in [5, 5.41) is 0. The van der Waals surface area contributed by atoms with Crippen LogP contribution in [0.2, 0.25) is 0 Å². The molecule has 0 aromatic heterocycles. The number of benzene rings is 1. The highest BCUT2D eigenvalue weighted by Gasteiger charge is 2.01. The van der Waals surface area contributed by atoms with Crippen LogP contribution in [0, 0.1) is 0 Å². The van der Waals surface area contributed by atoms with Gasteiger partial charge in [0.15, 0.2) is 0 Å². The van der Waals surface area contributed by atoms with Crippen LogP contribution in [0.5, 0.6) is 0 Å². The summed E-state index contributed by atoms with van der Waals surface area (Å²) in [5.74, 6) is 1.82. The molecule has 1 unspecified atom stereocenters. The molecule has 0 radical (unpaired) electrons. The van der Waals surface area contributed by atoms with Gasteiger partial charge in [-0.2, -0.15) is 11.8 Å². The quantitative estimate of drug-likeness (QED) is 0.696. The van der Waals surface area contributed by atoms with Gasteiger partial charge in [-0.15, -0.1) is 0 Å². The number of hydrogen-bond acceptors (Lipinski definition) is 1. The Bertz CT molecular complexity index is 238. The molecule has 0 aliphatic heterocycles. The van der Waals surface area contributed by atoms with E-state index in [1.807, 2.05) is 11.8 Å². The fourth-order valence-electron chi connectivity index (χ4n) is 1.34. The molecular formula is C12H18S. The Labute approximate surface area is 85.7 Å². The third-order valence-electron chi connectivity index (χ3n) is 2.47. The van der Waals surface area contributed by atoms with Crippen molar-refractivity contribution in [1.29, 1.82) is 0 Å². The second-order valence-corrected chi connectivity index (χ2v) is 4.35. The van der Waals surface area contributed by atoms with E-state index in [1.165, 1.54) is 17.5 Å². The zero-order chi connectivity index (χ0) is 9.68. The molecule has 0 aliphatic rings. The summed E-state index contributed by atoms with van der Waals surface area (Å²) in [6, 6.07) is 9.02. The maximum atomic E-state index is 2.28. The normalized spacial score (nSPS) is 12.8. The SMILES string of the molecule is CCC(C)c1ccc(CSC)cc1. The Morgan fingerprint density at radius 1 is 1.23 bits per heavy atom. The van der Waals surface area contributed by atoms with Crippen LogP contribution in [0.25, 0.3) is 0 Å². The fourth-order valence-corrected chi connectivity index (χ4v) is 1.87. The maximum Gasteiger partial charge on any atom is 0.0181 e. The van der Waals surface area contributed by atoms with E-state index >= 15 is 0 Å². The Morgan fingerprint density at radius 3 is 2.31 bits per heavy atom. The van der Waals surface area contributed by atoms with Crippen LogP contribution in [-0.4, -0.2) is 6.26 Å². The van der Waals surface area contributed by atoms with Crippen LogP contribution in [0.3, 0.4) is 0 Å². The van der Waals surface area contributed by atoms with Gasteiger partial charge in [0.25, 0.3) is 0 Å². The van der Waals surface area contributed by atoms with Crippen LogP contribution < -0.4 is 0 Å². The molecule has 1 heteroatoms. The predicted octanol–water partition coefficient (Wildman–Crippen LogP) is 4.06. The zero-order valence-corrected chi connectivity index (χ0v) is 9.53. The summed E-state index contributed by atoms with van der Waals surface area (Å²) in [4.78, 5) is 0. The van der Waals surface area contributed by atoms with Crippen LogP contribution >= 0.6 is 11.8 Å². The van der Waals surface area contributed by atoms with Gasteiger partial charge < -0.3 is 0 Å². The van der Waals surface area contributed by atoms with E-state index in [2.05, 4.69) is 44.4 Å². The monoisotopic (exact) mass is 194 g/mol. The van der Waals surface area contributed by atoms with Gasteiger partial charge in [0.2, 0.25) is 0 Å². The molecule has 0 heterocycles. The highest BCUT2D eigenvalue weighted by atomic mass is 32.2. The molecule has 0 saturated heterocycles. The van der Waals surface area contributed by atoms with Crippen molar-refractivity contribution >= 4 is 11.8 Å². The molecule has 0 aliphatic carbocycles. The van der Waals surface area contributed by atoms with E-state index in [1.54, 1.807) is 0 Å². The molecule has 1 aromatic carbocycles. The summed E-state index contributed by atoms with van der Waals surface area (Å²) in [6.07, 6.45) is 3.37. The number of thioether (sulfide) groups is 1. The zero-order valence-electron chi connectivity index (χ0n) is 8.71. The maximum absolute atomic E-state index is 2.28. The first-order valence-corrected chi connectivity index (χ1v) is 6.25. The average molecular weight is 194 g/mol. The van der Waals surface area contributed by atoms with Crippen LogP contribution in [0.4, 0.5) is 0 Å². The van der Waals surface area contributed by atoms with Gasteiger partial charge >= 0.3 is 0 Å². The van der Waals surface area contributed by atoms with E-state index < -0.39 is 0 Å². The minimum Gasteiger partial charge on any atom is -0.161 e. The van der Waals surface area contributed by atoms with Gasteiger partial charge in [-0.1, -0.05) is 38.1 Å². The Balaban J connectivity index is 2.69. The van der Waals surface area contributed by atoms with Gasteiger partial charge in [-0.05, 0) is 29.7 Å². The van der Waals surface area contributed by atoms with Crippen molar-refractivity contribution in [2.24, 2.45) is 0 Å². The van der Waals surface area contributed by atoms with Gasteiger partial charge in [0, 0.05) is 5.75 Å². The Morgan fingerprint density at radius 2 is 1.85 bits per heavy atom. The summed E-state index contributed by atoms with van der Waals surface area (Å²) in [5.41, 5.74) is 2.90.